The van der Waals surface area contributed by atoms with Crippen molar-refractivity contribution in [3.63, 3.8) is 0 Å². The summed E-state index contributed by atoms with van der Waals surface area (Å²) in [5.41, 5.74) is 2.66. The third-order valence-corrected chi connectivity index (χ3v) is 4.51. The van der Waals surface area contributed by atoms with Crippen LogP contribution < -0.4 is 0 Å². The van der Waals surface area contributed by atoms with Gasteiger partial charge in [0.15, 0.2) is 5.78 Å². The zero-order valence-corrected chi connectivity index (χ0v) is 9.29. The fourth-order valence-electron chi connectivity index (χ4n) is 2.06. The molecule has 0 saturated heterocycles. The Balaban J connectivity index is 2.65. The van der Waals surface area contributed by atoms with Crippen molar-refractivity contribution < 1.29 is 4.79 Å². The molecule has 2 rings (SSSR count). The van der Waals surface area contributed by atoms with Crippen LogP contribution in [0.4, 0.5) is 0 Å². The van der Waals surface area contributed by atoms with E-state index >= 15 is 0 Å². The van der Waals surface area contributed by atoms with Gasteiger partial charge in [0.05, 0.1) is 4.88 Å². The highest BCUT2D eigenvalue weighted by atomic mass is 32.1. The van der Waals surface area contributed by atoms with Gasteiger partial charge in [0.2, 0.25) is 0 Å². The fraction of sp³-hybridized carbons (Fsp3) is 0.545. The molecule has 0 amide bonds. The number of fused-ring (bicyclic) bond motifs is 1. The number of hydrogen-bond donors (Lipinski definition) is 0. The second-order valence-corrected chi connectivity index (χ2v) is 5.19. The second kappa shape index (κ2) is 2.68. The van der Waals surface area contributed by atoms with Crippen molar-refractivity contribution in [2.45, 2.75) is 33.6 Å². The monoisotopic (exact) mass is 194 g/mol. The number of thiophene rings is 1. The maximum absolute atomic E-state index is 11.8. The average Bonchev–Trinajstić information content (AvgIpc) is 2.48. The standard InChI is InChI=1S/C11H14OS/c1-5-6(2)10(12)11-9(5)7(3)8(4)13-11/h5-6H,1-4H3. The van der Waals surface area contributed by atoms with Gasteiger partial charge in [0, 0.05) is 10.8 Å². The molecule has 0 bridgehead atoms. The van der Waals surface area contributed by atoms with Gasteiger partial charge in [-0.3, -0.25) is 4.79 Å². The van der Waals surface area contributed by atoms with Gasteiger partial charge in [-0.25, -0.2) is 0 Å². The predicted molar refractivity (Wildman–Crippen MR) is 55.7 cm³/mol. The molecule has 70 valence electrons. The lowest BCUT2D eigenvalue weighted by atomic mass is 9.94. The Morgan fingerprint density at radius 1 is 1.15 bits per heavy atom. The van der Waals surface area contributed by atoms with E-state index in [0.29, 0.717) is 11.7 Å². The van der Waals surface area contributed by atoms with Crippen molar-refractivity contribution >= 4 is 17.1 Å². The normalized spacial score (nSPS) is 26.6. The van der Waals surface area contributed by atoms with Gasteiger partial charge in [-0.1, -0.05) is 13.8 Å². The van der Waals surface area contributed by atoms with Crippen molar-refractivity contribution in [3.8, 4) is 0 Å². The number of carbonyl (C=O) groups excluding carboxylic acids is 1. The molecule has 1 aromatic rings. The van der Waals surface area contributed by atoms with Crippen LogP contribution in [0.5, 0.6) is 0 Å². The van der Waals surface area contributed by atoms with E-state index in [1.807, 2.05) is 6.92 Å². The van der Waals surface area contributed by atoms with Crippen molar-refractivity contribution in [1.82, 2.24) is 0 Å². The predicted octanol–water partition coefficient (Wildman–Crippen LogP) is 3.30. The van der Waals surface area contributed by atoms with Gasteiger partial charge in [-0.15, -0.1) is 11.3 Å². The van der Waals surface area contributed by atoms with Crippen LogP contribution in [0.2, 0.25) is 0 Å². The van der Waals surface area contributed by atoms with Gasteiger partial charge in [-0.2, -0.15) is 0 Å². The number of aryl methyl sites for hydroxylation is 1. The summed E-state index contributed by atoms with van der Waals surface area (Å²) in [6.07, 6.45) is 0. The van der Waals surface area contributed by atoms with Crippen molar-refractivity contribution in [3.05, 3.63) is 20.9 Å². The molecule has 2 atom stereocenters. The Morgan fingerprint density at radius 2 is 1.77 bits per heavy atom. The van der Waals surface area contributed by atoms with Gasteiger partial charge < -0.3 is 0 Å². The molecule has 13 heavy (non-hydrogen) atoms. The molecule has 1 heterocycles. The smallest absolute Gasteiger partial charge is 0.176 e. The molecule has 0 aliphatic heterocycles. The molecule has 0 N–H and O–H groups in total. The van der Waals surface area contributed by atoms with Crippen molar-refractivity contribution in [2.75, 3.05) is 0 Å². The highest BCUT2D eigenvalue weighted by Crippen LogP contribution is 2.44. The number of rotatable bonds is 0. The maximum Gasteiger partial charge on any atom is 0.176 e. The van der Waals surface area contributed by atoms with Crippen LogP contribution in [-0.2, 0) is 0 Å². The average molecular weight is 194 g/mol. The van der Waals surface area contributed by atoms with E-state index in [2.05, 4.69) is 20.8 Å². The van der Waals surface area contributed by atoms with E-state index < -0.39 is 0 Å². The first-order valence-corrected chi connectivity index (χ1v) is 5.49. The number of carbonyl (C=O) groups is 1. The first kappa shape index (κ1) is 8.95. The third-order valence-electron chi connectivity index (χ3n) is 3.27. The van der Waals surface area contributed by atoms with E-state index in [4.69, 9.17) is 0 Å². The number of hydrogen-bond acceptors (Lipinski definition) is 2. The van der Waals surface area contributed by atoms with Crippen LogP contribution in [0.1, 0.15) is 45.4 Å². The fourth-order valence-corrected chi connectivity index (χ4v) is 3.36. The minimum absolute atomic E-state index is 0.195. The van der Waals surface area contributed by atoms with E-state index in [1.54, 1.807) is 11.3 Å². The highest BCUT2D eigenvalue weighted by Gasteiger charge is 2.37. The lowest BCUT2D eigenvalue weighted by Gasteiger charge is -2.09. The third kappa shape index (κ3) is 1.01. The van der Waals surface area contributed by atoms with Crippen LogP contribution in [0.25, 0.3) is 0 Å². The summed E-state index contributed by atoms with van der Waals surface area (Å²) in [6, 6.07) is 0. The topological polar surface area (TPSA) is 17.1 Å². The Morgan fingerprint density at radius 3 is 2.31 bits per heavy atom. The molecule has 1 aliphatic carbocycles. The second-order valence-electron chi connectivity index (χ2n) is 3.97. The number of Topliss-reactive ketones (excluding diaryl/α,β-unsaturated/α-hetero) is 1. The molecule has 1 aliphatic rings. The van der Waals surface area contributed by atoms with Crippen LogP contribution in [0, 0.1) is 19.8 Å². The molecule has 1 nitrogen and oxygen atoms in total. The first-order valence-electron chi connectivity index (χ1n) is 4.68. The summed E-state index contributed by atoms with van der Waals surface area (Å²) in [5.74, 6) is 0.969. The molecule has 2 heteroatoms. The SMILES string of the molecule is Cc1sc2c(c1C)C(C)C(C)C2=O. The first-order chi connectivity index (χ1) is 6.04. The van der Waals surface area contributed by atoms with Crippen LogP contribution >= 0.6 is 11.3 Å². The summed E-state index contributed by atoms with van der Waals surface area (Å²) < 4.78 is 0. The molecule has 0 aromatic carbocycles. The Hall–Kier alpha value is -0.630. The maximum atomic E-state index is 11.8. The van der Waals surface area contributed by atoms with Gasteiger partial charge in [-0.05, 0) is 30.9 Å². The van der Waals surface area contributed by atoms with E-state index in [0.717, 1.165) is 4.88 Å². The van der Waals surface area contributed by atoms with Gasteiger partial charge in [0.25, 0.3) is 0 Å². The van der Waals surface area contributed by atoms with Crippen LogP contribution in [-0.4, -0.2) is 5.78 Å². The van der Waals surface area contributed by atoms with Gasteiger partial charge in [0.1, 0.15) is 0 Å². The minimum Gasteiger partial charge on any atom is -0.293 e. The van der Waals surface area contributed by atoms with E-state index in [-0.39, 0.29) is 5.92 Å². The van der Waals surface area contributed by atoms with Crippen LogP contribution in [0.3, 0.4) is 0 Å². The molecule has 0 fully saturated rings. The summed E-state index contributed by atoms with van der Waals surface area (Å²) in [7, 11) is 0. The molecule has 0 saturated carbocycles. The quantitative estimate of drug-likeness (QED) is 0.619. The van der Waals surface area contributed by atoms with Crippen molar-refractivity contribution in [1.29, 1.82) is 0 Å². The van der Waals surface area contributed by atoms with Gasteiger partial charge >= 0.3 is 0 Å². The summed E-state index contributed by atoms with van der Waals surface area (Å²) in [5, 5.41) is 0. The lowest BCUT2D eigenvalue weighted by molar-refractivity contribution is 0.0940. The molecule has 0 radical (unpaired) electrons. The largest absolute Gasteiger partial charge is 0.293 e. The van der Waals surface area contributed by atoms with E-state index in [1.165, 1.54) is 16.0 Å². The van der Waals surface area contributed by atoms with Crippen LogP contribution in [0.15, 0.2) is 0 Å². The highest BCUT2D eigenvalue weighted by molar-refractivity contribution is 7.14. The zero-order chi connectivity index (χ0) is 9.75. The molecular weight excluding hydrogens is 180 g/mol. The number of ketones is 1. The van der Waals surface area contributed by atoms with E-state index in [9.17, 15) is 4.79 Å². The lowest BCUT2D eigenvalue weighted by Crippen LogP contribution is -2.06. The summed E-state index contributed by atoms with van der Waals surface area (Å²) in [4.78, 5) is 14.1. The molecule has 2 unspecified atom stereocenters. The van der Waals surface area contributed by atoms with Crippen molar-refractivity contribution in [2.24, 2.45) is 5.92 Å². The molecule has 0 spiro atoms. The Bertz CT molecular complexity index is 376. The zero-order valence-electron chi connectivity index (χ0n) is 8.47. The molecule has 1 aromatic heterocycles. The Kier molecular flexibility index (Phi) is 1.84. The summed E-state index contributed by atoms with van der Waals surface area (Å²) >= 11 is 1.67. The summed E-state index contributed by atoms with van der Waals surface area (Å²) in [6.45, 7) is 8.43. The minimum atomic E-state index is 0.195. The molecular formula is C11H14OS. The Labute approximate surface area is 82.8 Å².